The minimum absolute atomic E-state index is 0.253. The Morgan fingerprint density at radius 2 is 1.95 bits per heavy atom. The number of piperazine rings is 1. The number of rotatable bonds is 6. The number of primary amides is 1. The third-order valence-corrected chi connectivity index (χ3v) is 3.81. The van der Waals surface area contributed by atoms with Crippen LogP contribution in [0.3, 0.4) is 0 Å². The minimum atomic E-state index is -0.253. The Morgan fingerprint density at radius 1 is 1.25 bits per heavy atom. The highest BCUT2D eigenvalue weighted by Gasteiger charge is 2.17. The number of halogens is 1. The third kappa shape index (κ3) is 5.11. The molecular weight excluding hydrogens is 322 g/mol. The first-order valence-electron chi connectivity index (χ1n) is 6.75. The molecule has 0 unspecified atom stereocenters. The number of nitrogens with two attached hydrogens (primary N) is 1. The maximum atomic E-state index is 10.8. The van der Waals surface area contributed by atoms with Crippen molar-refractivity contribution in [2.45, 2.75) is 0 Å². The van der Waals surface area contributed by atoms with Gasteiger partial charge < -0.3 is 10.5 Å². The number of carbonyl (C=O) groups excluding carboxylic acids is 1. The fraction of sp³-hybridized carbons (Fsp3) is 0.500. The Morgan fingerprint density at radius 3 is 2.60 bits per heavy atom. The van der Waals surface area contributed by atoms with Gasteiger partial charge in [0.15, 0.2) is 0 Å². The van der Waals surface area contributed by atoms with Gasteiger partial charge in [0.2, 0.25) is 5.91 Å². The molecule has 1 aliphatic rings. The van der Waals surface area contributed by atoms with Crippen molar-refractivity contribution < 1.29 is 9.53 Å². The van der Waals surface area contributed by atoms with Gasteiger partial charge in [0, 0.05) is 37.2 Å². The van der Waals surface area contributed by atoms with Gasteiger partial charge in [-0.25, -0.2) is 0 Å². The van der Waals surface area contributed by atoms with Gasteiger partial charge in [0.1, 0.15) is 12.4 Å². The van der Waals surface area contributed by atoms with Crippen molar-refractivity contribution in [3.8, 4) is 5.75 Å². The van der Waals surface area contributed by atoms with Gasteiger partial charge in [-0.2, -0.15) is 0 Å². The molecule has 2 N–H and O–H groups in total. The number of amides is 1. The van der Waals surface area contributed by atoms with Crippen molar-refractivity contribution in [3.05, 3.63) is 28.7 Å². The first-order chi connectivity index (χ1) is 9.63. The van der Waals surface area contributed by atoms with Gasteiger partial charge in [-0.3, -0.25) is 14.6 Å². The summed E-state index contributed by atoms with van der Waals surface area (Å²) in [7, 11) is 0. The highest BCUT2D eigenvalue weighted by Crippen LogP contribution is 2.17. The number of hydrogen-bond donors (Lipinski definition) is 1. The zero-order chi connectivity index (χ0) is 14.4. The van der Waals surface area contributed by atoms with Crippen LogP contribution >= 0.6 is 15.9 Å². The molecule has 5 nitrogen and oxygen atoms in total. The Bertz CT molecular complexity index is 448. The van der Waals surface area contributed by atoms with E-state index in [0.717, 1.165) is 42.9 Å². The van der Waals surface area contributed by atoms with E-state index in [9.17, 15) is 4.79 Å². The number of benzene rings is 1. The summed E-state index contributed by atoms with van der Waals surface area (Å²) < 4.78 is 6.74. The molecule has 0 radical (unpaired) electrons. The molecule has 1 aromatic rings. The van der Waals surface area contributed by atoms with Gasteiger partial charge in [-0.15, -0.1) is 0 Å². The molecule has 1 fully saturated rings. The molecule has 20 heavy (non-hydrogen) atoms. The summed E-state index contributed by atoms with van der Waals surface area (Å²) in [5, 5.41) is 0. The van der Waals surface area contributed by atoms with E-state index in [2.05, 4.69) is 25.7 Å². The molecule has 0 saturated carbocycles. The van der Waals surface area contributed by atoms with Crippen LogP contribution in [0.4, 0.5) is 0 Å². The largest absolute Gasteiger partial charge is 0.492 e. The fourth-order valence-electron chi connectivity index (χ4n) is 2.24. The van der Waals surface area contributed by atoms with Crippen LogP contribution in [0.1, 0.15) is 0 Å². The molecule has 110 valence electrons. The molecule has 1 aromatic carbocycles. The SMILES string of the molecule is NC(=O)CN1CCN(CCOc2cccc(Br)c2)CC1. The molecule has 0 atom stereocenters. The van der Waals surface area contributed by atoms with Crippen LogP contribution in [0.5, 0.6) is 5.75 Å². The highest BCUT2D eigenvalue weighted by atomic mass is 79.9. The monoisotopic (exact) mass is 341 g/mol. The highest BCUT2D eigenvalue weighted by molar-refractivity contribution is 9.10. The molecule has 1 saturated heterocycles. The quantitative estimate of drug-likeness (QED) is 0.836. The second kappa shape index (κ2) is 7.61. The first-order valence-corrected chi connectivity index (χ1v) is 7.54. The first kappa shape index (κ1) is 15.3. The maximum absolute atomic E-state index is 10.8. The molecule has 6 heteroatoms. The summed E-state index contributed by atoms with van der Waals surface area (Å²) in [5.74, 6) is 0.628. The van der Waals surface area contributed by atoms with Crippen LogP contribution in [0.15, 0.2) is 28.7 Å². The Labute approximate surface area is 127 Å². The summed E-state index contributed by atoms with van der Waals surface area (Å²) >= 11 is 3.42. The molecule has 0 bridgehead atoms. The summed E-state index contributed by atoms with van der Waals surface area (Å²) in [5.41, 5.74) is 5.20. The molecule has 1 heterocycles. The lowest BCUT2D eigenvalue weighted by Gasteiger charge is -2.33. The molecule has 2 rings (SSSR count). The van der Waals surface area contributed by atoms with Crippen molar-refractivity contribution in [3.63, 3.8) is 0 Å². The second-order valence-electron chi connectivity index (χ2n) is 4.89. The summed E-state index contributed by atoms with van der Waals surface area (Å²) in [6.07, 6.45) is 0. The van der Waals surface area contributed by atoms with Crippen molar-refractivity contribution in [1.82, 2.24) is 9.80 Å². The molecular formula is C14H20BrN3O2. The van der Waals surface area contributed by atoms with Crippen molar-refractivity contribution in [2.24, 2.45) is 5.73 Å². The van der Waals surface area contributed by atoms with Crippen molar-refractivity contribution >= 4 is 21.8 Å². The lowest BCUT2D eigenvalue weighted by molar-refractivity contribution is -0.119. The predicted octanol–water partition coefficient (Wildman–Crippen LogP) is 0.931. The molecule has 1 amide bonds. The lowest BCUT2D eigenvalue weighted by atomic mass is 10.3. The number of nitrogens with zero attached hydrogens (tertiary/aromatic N) is 2. The van der Waals surface area contributed by atoms with E-state index in [4.69, 9.17) is 10.5 Å². The van der Waals surface area contributed by atoms with Crippen LogP contribution in [0.25, 0.3) is 0 Å². The van der Waals surface area contributed by atoms with Crippen LogP contribution in [-0.4, -0.2) is 61.6 Å². The van der Waals surface area contributed by atoms with E-state index < -0.39 is 0 Å². The van der Waals surface area contributed by atoms with Crippen molar-refractivity contribution in [1.29, 1.82) is 0 Å². The Balaban J connectivity index is 1.65. The van der Waals surface area contributed by atoms with Crippen LogP contribution in [0, 0.1) is 0 Å². The topological polar surface area (TPSA) is 58.8 Å². The smallest absolute Gasteiger partial charge is 0.231 e. The molecule has 0 spiro atoms. The van der Waals surface area contributed by atoms with Crippen LogP contribution in [0.2, 0.25) is 0 Å². The molecule has 1 aliphatic heterocycles. The fourth-order valence-corrected chi connectivity index (χ4v) is 2.62. The number of ether oxygens (including phenoxy) is 1. The Hall–Kier alpha value is -1.11. The van der Waals surface area contributed by atoms with Crippen LogP contribution < -0.4 is 10.5 Å². The molecule has 0 aromatic heterocycles. The van der Waals surface area contributed by atoms with Gasteiger partial charge in [-0.1, -0.05) is 22.0 Å². The van der Waals surface area contributed by atoms with Gasteiger partial charge in [0.25, 0.3) is 0 Å². The Kier molecular flexibility index (Phi) is 5.82. The van der Waals surface area contributed by atoms with Gasteiger partial charge in [-0.05, 0) is 18.2 Å². The zero-order valence-corrected chi connectivity index (χ0v) is 13.0. The predicted molar refractivity (Wildman–Crippen MR) is 81.7 cm³/mol. The normalized spacial score (nSPS) is 17.1. The zero-order valence-electron chi connectivity index (χ0n) is 11.4. The van der Waals surface area contributed by atoms with E-state index >= 15 is 0 Å². The second-order valence-corrected chi connectivity index (χ2v) is 5.81. The number of carbonyl (C=O) groups is 1. The average Bonchev–Trinajstić information content (AvgIpc) is 2.40. The van der Waals surface area contributed by atoms with E-state index in [-0.39, 0.29) is 5.91 Å². The number of hydrogen-bond acceptors (Lipinski definition) is 4. The molecule has 0 aliphatic carbocycles. The lowest BCUT2D eigenvalue weighted by Crippen LogP contribution is -2.49. The maximum Gasteiger partial charge on any atom is 0.231 e. The summed E-state index contributed by atoms with van der Waals surface area (Å²) in [6.45, 7) is 5.62. The summed E-state index contributed by atoms with van der Waals surface area (Å²) in [4.78, 5) is 15.3. The van der Waals surface area contributed by atoms with E-state index in [0.29, 0.717) is 13.2 Å². The van der Waals surface area contributed by atoms with Crippen LogP contribution in [-0.2, 0) is 4.79 Å². The van der Waals surface area contributed by atoms with Crippen molar-refractivity contribution in [2.75, 3.05) is 45.9 Å². The van der Waals surface area contributed by atoms with E-state index in [1.807, 2.05) is 24.3 Å². The minimum Gasteiger partial charge on any atom is -0.492 e. The average molecular weight is 342 g/mol. The third-order valence-electron chi connectivity index (χ3n) is 3.32. The van der Waals surface area contributed by atoms with E-state index in [1.165, 1.54) is 0 Å². The van der Waals surface area contributed by atoms with Gasteiger partial charge >= 0.3 is 0 Å². The van der Waals surface area contributed by atoms with Gasteiger partial charge in [0.05, 0.1) is 6.54 Å². The summed E-state index contributed by atoms with van der Waals surface area (Å²) in [6, 6.07) is 7.85. The standard InChI is InChI=1S/C14H20BrN3O2/c15-12-2-1-3-13(10-12)20-9-8-17-4-6-18(7-5-17)11-14(16)19/h1-3,10H,4-9,11H2,(H2,16,19). The van der Waals surface area contributed by atoms with E-state index in [1.54, 1.807) is 0 Å².